The van der Waals surface area contributed by atoms with Gasteiger partial charge in [-0.25, -0.2) is 13.1 Å². The maximum absolute atomic E-state index is 12.3. The summed E-state index contributed by atoms with van der Waals surface area (Å²) in [5.74, 6) is -0.0410. The van der Waals surface area contributed by atoms with Crippen molar-refractivity contribution < 1.29 is 18.1 Å². The zero-order valence-corrected chi connectivity index (χ0v) is 13.1. The van der Waals surface area contributed by atoms with Crippen LogP contribution in [0.2, 0.25) is 0 Å². The highest BCUT2D eigenvalue weighted by molar-refractivity contribution is 7.89. The number of sulfonamides is 1. The molecule has 2 N–H and O–H groups in total. The molecule has 1 aliphatic heterocycles. The molecule has 122 valence electrons. The highest BCUT2D eigenvalue weighted by Gasteiger charge is 2.22. The number of methoxy groups -OCH3 is 1. The van der Waals surface area contributed by atoms with Gasteiger partial charge < -0.3 is 10.1 Å². The van der Waals surface area contributed by atoms with Crippen molar-refractivity contribution in [2.45, 2.75) is 30.2 Å². The Morgan fingerprint density at radius 3 is 2.86 bits per heavy atom. The Morgan fingerprint density at radius 1 is 1.50 bits per heavy atom. The summed E-state index contributed by atoms with van der Waals surface area (Å²) < 4.78 is 32.0. The maximum Gasteiger partial charge on any atom is 0.273 e. The molecule has 1 heterocycles. The summed E-state index contributed by atoms with van der Waals surface area (Å²) in [5, 5.41) is 14.0. The number of benzene rings is 1. The molecule has 0 spiro atoms. The lowest BCUT2D eigenvalue weighted by Crippen LogP contribution is -2.30. The van der Waals surface area contributed by atoms with Gasteiger partial charge in [0.25, 0.3) is 5.69 Å². The van der Waals surface area contributed by atoms with Crippen LogP contribution in [0.15, 0.2) is 23.1 Å². The first kappa shape index (κ1) is 16.7. The molecule has 0 unspecified atom stereocenters. The molecule has 22 heavy (non-hydrogen) atoms. The Kier molecular flexibility index (Phi) is 5.33. The van der Waals surface area contributed by atoms with Crippen LogP contribution in [-0.4, -0.2) is 39.6 Å². The summed E-state index contributed by atoms with van der Waals surface area (Å²) in [7, 11) is -2.48. The third-order valence-corrected chi connectivity index (χ3v) is 5.10. The quantitative estimate of drug-likeness (QED) is 0.571. The van der Waals surface area contributed by atoms with Crippen LogP contribution in [0.1, 0.15) is 19.3 Å². The van der Waals surface area contributed by atoms with E-state index in [1.807, 2.05) is 0 Å². The molecule has 0 saturated carbocycles. The summed E-state index contributed by atoms with van der Waals surface area (Å²) in [6, 6.07) is 3.77. The smallest absolute Gasteiger partial charge is 0.273 e. The minimum atomic E-state index is -3.76. The summed E-state index contributed by atoms with van der Waals surface area (Å²) >= 11 is 0. The van der Waals surface area contributed by atoms with Crippen molar-refractivity contribution >= 4 is 15.7 Å². The molecule has 1 atom stereocenters. The van der Waals surface area contributed by atoms with Crippen LogP contribution in [0.4, 0.5) is 5.69 Å². The Labute approximate surface area is 129 Å². The van der Waals surface area contributed by atoms with E-state index in [-0.39, 0.29) is 16.3 Å². The first-order valence-corrected chi connectivity index (χ1v) is 8.48. The molecular weight excluding hydrogens is 310 g/mol. The number of hydrogen-bond acceptors (Lipinski definition) is 6. The van der Waals surface area contributed by atoms with Crippen molar-refractivity contribution in [2.75, 3.05) is 20.2 Å². The lowest BCUT2D eigenvalue weighted by atomic mass is 10.2. The van der Waals surface area contributed by atoms with Crippen molar-refractivity contribution in [3.63, 3.8) is 0 Å². The molecule has 9 heteroatoms. The van der Waals surface area contributed by atoms with Crippen molar-refractivity contribution in [3.8, 4) is 5.75 Å². The Balaban J connectivity index is 2.08. The van der Waals surface area contributed by atoms with Crippen molar-refractivity contribution in [1.29, 1.82) is 0 Å². The van der Waals surface area contributed by atoms with Crippen LogP contribution in [-0.2, 0) is 10.0 Å². The summed E-state index contributed by atoms with van der Waals surface area (Å²) in [6.45, 7) is 1.27. The van der Waals surface area contributed by atoms with Crippen LogP contribution < -0.4 is 14.8 Å². The fourth-order valence-corrected chi connectivity index (χ4v) is 3.64. The zero-order chi connectivity index (χ0) is 16.2. The van der Waals surface area contributed by atoms with E-state index in [2.05, 4.69) is 10.0 Å². The Morgan fingerprint density at radius 2 is 2.27 bits per heavy atom. The fraction of sp³-hybridized carbons (Fsp3) is 0.538. The van der Waals surface area contributed by atoms with Gasteiger partial charge in [-0.15, -0.1) is 0 Å². The van der Waals surface area contributed by atoms with Crippen molar-refractivity contribution in [3.05, 3.63) is 28.3 Å². The number of nitro groups is 1. The van der Waals surface area contributed by atoms with E-state index in [1.54, 1.807) is 0 Å². The highest BCUT2D eigenvalue weighted by Crippen LogP contribution is 2.28. The van der Waals surface area contributed by atoms with Gasteiger partial charge in [0, 0.05) is 18.7 Å². The standard InChI is InChI=1S/C13H19N3O5S/c1-21-12-9-11(16(17)18)4-5-13(12)22(19,20)15-8-6-10-3-2-7-14-10/h4-5,9-10,14-15H,2-3,6-8H2,1H3/t10-/m1/s1. The van der Waals surface area contributed by atoms with E-state index < -0.39 is 14.9 Å². The second-order valence-electron chi connectivity index (χ2n) is 5.07. The molecule has 1 aliphatic rings. The predicted octanol–water partition coefficient (Wildman–Crippen LogP) is 1.02. The lowest BCUT2D eigenvalue weighted by Gasteiger charge is -2.13. The van der Waals surface area contributed by atoms with Crippen LogP contribution >= 0.6 is 0 Å². The Hall–Kier alpha value is -1.71. The molecule has 8 nitrogen and oxygen atoms in total. The number of nitro benzene ring substituents is 1. The molecule has 2 rings (SSSR count). The fourth-order valence-electron chi connectivity index (χ4n) is 2.44. The van der Waals surface area contributed by atoms with Gasteiger partial charge in [-0.1, -0.05) is 0 Å². The molecule has 0 aromatic heterocycles. The van der Waals surface area contributed by atoms with Crippen LogP contribution in [0.5, 0.6) is 5.75 Å². The molecule has 1 fully saturated rings. The van der Waals surface area contributed by atoms with Crippen LogP contribution in [0.25, 0.3) is 0 Å². The normalized spacial score (nSPS) is 18.3. The average molecular weight is 329 g/mol. The van der Waals surface area contributed by atoms with Crippen molar-refractivity contribution in [2.24, 2.45) is 0 Å². The van der Waals surface area contributed by atoms with Crippen LogP contribution in [0, 0.1) is 10.1 Å². The first-order chi connectivity index (χ1) is 10.4. The summed E-state index contributed by atoms with van der Waals surface area (Å²) in [4.78, 5) is 10.0. The molecule has 0 bridgehead atoms. The highest BCUT2D eigenvalue weighted by atomic mass is 32.2. The van der Waals surface area contributed by atoms with E-state index >= 15 is 0 Å². The van der Waals surface area contributed by atoms with E-state index in [4.69, 9.17) is 4.74 Å². The van der Waals surface area contributed by atoms with Crippen LogP contribution in [0.3, 0.4) is 0 Å². The third-order valence-electron chi connectivity index (χ3n) is 3.59. The van der Waals surface area contributed by atoms with Gasteiger partial charge in [-0.2, -0.15) is 0 Å². The van der Waals surface area contributed by atoms with Gasteiger partial charge in [-0.05, 0) is 31.9 Å². The van der Waals surface area contributed by atoms with E-state index in [9.17, 15) is 18.5 Å². The van der Waals surface area contributed by atoms with Gasteiger partial charge in [0.2, 0.25) is 10.0 Å². The predicted molar refractivity (Wildman–Crippen MR) is 80.5 cm³/mol. The lowest BCUT2D eigenvalue weighted by molar-refractivity contribution is -0.385. The largest absolute Gasteiger partial charge is 0.495 e. The average Bonchev–Trinajstić information content (AvgIpc) is 2.99. The molecule has 0 radical (unpaired) electrons. The second-order valence-corrected chi connectivity index (χ2v) is 6.81. The number of rotatable bonds is 7. The second kappa shape index (κ2) is 7.03. The molecule has 0 aliphatic carbocycles. The van der Waals surface area contributed by atoms with E-state index in [0.29, 0.717) is 19.0 Å². The van der Waals surface area contributed by atoms with E-state index in [1.165, 1.54) is 13.2 Å². The van der Waals surface area contributed by atoms with Gasteiger partial charge >= 0.3 is 0 Å². The number of ether oxygens (including phenoxy) is 1. The van der Waals surface area contributed by atoms with Gasteiger partial charge in [0.05, 0.1) is 18.1 Å². The first-order valence-electron chi connectivity index (χ1n) is 6.99. The topological polar surface area (TPSA) is 111 Å². The van der Waals surface area contributed by atoms with Crippen molar-refractivity contribution in [1.82, 2.24) is 10.0 Å². The minimum absolute atomic E-state index is 0.0410. The maximum atomic E-state index is 12.3. The number of nitrogens with one attached hydrogen (secondary N) is 2. The number of nitrogens with zero attached hydrogens (tertiary/aromatic N) is 1. The summed E-state index contributed by atoms with van der Waals surface area (Å²) in [5.41, 5.74) is -0.217. The molecule has 0 amide bonds. The third kappa shape index (κ3) is 3.93. The van der Waals surface area contributed by atoms with E-state index in [0.717, 1.165) is 31.5 Å². The molecule has 1 aromatic carbocycles. The Bertz CT molecular complexity index is 641. The molecule has 1 saturated heterocycles. The van der Waals surface area contributed by atoms with Gasteiger partial charge in [0.1, 0.15) is 10.6 Å². The molecular formula is C13H19N3O5S. The monoisotopic (exact) mass is 329 g/mol. The number of hydrogen-bond donors (Lipinski definition) is 2. The SMILES string of the molecule is COc1cc([N+](=O)[O-])ccc1S(=O)(=O)NCC[C@H]1CCCN1. The minimum Gasteiger partial charge on any atom is -0.495 e. The summed E-state index contributed by atoms with van der Waals surface area (Å²) in [6.07, 6.45) is 2.85. The molecule has 1 aromatic rings. The van der Waals surface area contributed by atoms with Gasteiger partial charge in [-0.3, -0.25) is 10.1 Å². The number of non-ortho nitro benzene ring substituents is 1. The van der Waals surface area contributed by atoms with Gasteiger partial charge in [0.15, 0.2) is 0 Å². The zero-order valence-electron chi connectivity index (χ0n) is 12.2.